The summed E-state index contributed by atoms with van der Waals surface area (Å²) in [6.07, 6.45) is 0.216. The van der Waals surface area contributed by atoms with Crippen LogP contribution in [0.15, 0.2) is 28.8 Å². The molecule has 6 heteroatoms. The molecular formula is C14H12N2O4. The predicted molar refractivity (Wildman–Crippen MR) is 69.5 cm³/mol. The maximum atomic E-state index is 12.0. The molecule has 6 nitrogen and oxygen atoms in total. The zero-order chi connectivity index (χ0) is 14.3. The highest BCUT2D eigenvalue weighted by Crippen LogP contribution is 2.31. The second kappa shape index (κ2) is 4.48. The Morgan fingerprint density at radius 2 is 2.25 bits per heavy atom. The number of carbonyl (C=O) groups is 2. The number of nitrogens with zero attached hydrogens (tertiary/aromatic N) is 2. The quantitative estimate of drug-likeness (QED) is 0.920. The average molecular weight is 272 g/mol. The number of benzene rings is 1. The molecule has 1 aliphatic heterocycles. The number of aryl methyl sites for hydroxylation is 1. The van der Waals surface area contributed by atoms with E-state index in [2.05, 4.69) is 5.16 Å². The Balaban J connectivity index is 1.92. The van der Waals surface area contributed by atoms with Gasteiger partial charge in [-0.2, -0.15) is 0 Å². The number of anilines is 1. The monoisotopic (exact) mass is 272 g/mol. The maximum Gasteiger partial charge on any atom is 0.335 e. The topological polar surface area (TPSA) is 83.6 Å². The Hall–Kier alpha value is -2.63. The summed E-state index contributed by atoms with van der Waals surface area (Å²) in [5, 5.41) is 12.8. The summed E-state index contributed by atoms with van der Waals surface area (Å²) in [5.74, 6) is -0.373. The Morgan fingerprint density at radius 3 is 2.90 bits per heavy atom. The summed E-state index contributed by atoms with van der Waals surface area (Å²) in [6.45, 7) is 2.12. The normalized spacial score (nSPS) is 13.7. The molecule has 20 heavy (non-hydrogen) atoms. The van der Waals surface area contributed by atoms with Gasteiger partial charge in [0.1, 0.15) is 11.5 Å². The van der Waals surface area contributed by atoms with Crippen molar-refractivity contribution in [1.29, 1.82) is 0 Å². The number of hydrogen-bond acceptors (Lipinski definition) is 4. The molecule has 1 N–H and O–H groups in total. The van der Waals surface area contributed by atoms with E-state index in [4.69, 9.17) is 9.63 Å². The van der Waals surface area contributed by atoms with E-state index in [0.29, 0.717) is 18.0 Å². The molecule has 0 aliphatic carbocycles. The standard InChI is InChI=1S/C14H12N2O4/c1-8-4-11(15-20-8)7-16-12-3-2-9(14(18)19)5-10(12)6-13(16)17/h2-5H,6-7H2,1H3,(H,18,19). The molecule has 0 saturated heterocycles. The van der Waals surface area contributed by atoms with Crippen LogP contribution >= 0.6 is 0 Å². The molecule has 2 aromatic rings. The molecule has 3 rings (SSSR count). The summed E-state index contributed by atoms with van der Waals surface area (Å²) in [7, 11) is 0. The second-order valence-corrected chi connectivity index (χ2v) is 4.73. The van der Waals surface area contributed by atoms with Crippen molar-refractivity contribution in [3.8, 4) is 0 Å². The first-order valence-corrected chi connectivity index (χ1v) is 6.13. The van der Waals surface area contributed by atoms with E-state index in [1.165, 1.54) is 6.07 Å². The van der Waals surface area contributed by atoms with Gasteiger partial charge in [-0.1, -0.05) is 5.16 Å². The van der Waals surface area contributed by atoms with E-state index in [1.807, 2.05) is 0 Å². The first-order chi connectivity index (χ1) is 9.54. The van der Waals surface area contributed by atoms with E-state index in [9.17, 15) is 9.59 Å². The number of amides is 1. The molecule has 0 atom stereocenters. The van der Waals surface area contributed by atoms with E-state index < -0.39 is 5.97 Å². The van der Waals surface area contributed by atoms with Crippen molar-refractivity contribution in [2.45, 2.75) is 19.9 Å². The van der Waals surface area contributed by atoms with Crippen LogP contribution in [-0.2, 0) is 17.8 Å². The second-order valence-electron chi connectivity index (χ2n) is 4.73. The first kappa shape index (κ1) is 12.4. The molecule has 1 amide bonds. The van der Waals surface area contributed by atoms with Gasteiger partial charge in [0, 0.05) is 11.8 Å². The third-order valence-electron chi connectivity index (χ3n) is 3.26. The highest BCUT2D eigenvalue weighted by Gasteiger charge is 2.28. The number of carbonyl (C=O) groups excluding carboxylic acids is 1. The molecule has 102 valence electrons. The molecule has 0 bridgehead atoms. The Bertz CT molecular complexity index is 705. The Kier molecular flexibility index (Phi) is 2.78. The van der Waals surface area contributed by atoms with Crippen molar-refractivity contribution < 1.29 is 19.2 Å². The van der Waals surface area contributed by atoms with Crippen molar-refractivity contribution >= 4 is 17.6 Å². The third kappa shape index (κ3) is 2.05. The summed E-state index contributed by atoms with van der Waals surface area (Å²) < 4.78 is 4.98. The van der Waals surface area contributed by atoms with Crippen molar-refractivity contribution in [3.05, 3.63) is 46.8 Å². The minimum Gasteiger partial charge on any atom is -0.478 e. The molecule has 0 unspecified atom stereocenters. The summed E-state index contributed by atoms with van der Waals surface area (Å²) in [4.78, 5) is 24.6. The fraction of sp³-hybridized carbons (Fsp3) is 0.214. The molecule has 2 heterocycles. The van der Waals surface area contributed by atoms with Gasteiger partial charge in [0.25, 0.3) is 0 Å². The van der Waals surface area contributed by atoms with Crippen LogP contribution in [0.1, 0.15) is 27.4 Å². The predicted octanol–water partition coefficient (Wildman–Crippen LogP) is 1.77. The van der Waals surface area contributed by atoms with Crippen molar-refractivity contribution in [2.24, 2.45) is 0 Å². The van der Waals surface area contributed by atoms with Crippen LogP contribution in [0.3, 0.4) is 0 Å². The SMILES string of the molecule is Cc1cc(CN2C(=O)Cc3cc(C(=O)O)ccc32)no1. The van der Waals surface area contributed by atoms with E-state index in [0.717, 1.165) is 11.3 Å². The van der Waals surface area contributed by atoms with Gasteiger partial charge >= 0.3 is 5.97 Å². The lowest BCUT2D eigenvalue weighted by Crippen LogP contribution is -2.26. The number of fused-ring (bicyclic) bond motifs is 1. The summed E-state index contributed by atoms with van der Waals surface area (Å²) >= 11 is 0. The number of hydrogen-bond donors (Lipinski definition) is 1. The molecular weight excluding hydrogens is 260 g/mol. The van der Waals surface area contributed by atoms with E-state index in [-0.39, 0.29) is 17.9 Å². The molecule has 1 aromatic carbocycles. The van der Waals surface area contributed by atoms with Crippen LogP contribution in [0.5, 0.6) is 0 Å². The number of carboxylic acids is 1. The highest BCUT2D eigenvalue weighted by atomic mass is 16.5. The van der Waals surface area contributed by atoms with Crippen molar-refractivity contribution in [1.82, 2.24) is 5.16 Å². The van der Waals surface area contributed by atoms with Crippen LogP contribution in [0.4, 0.5) is 5.69 Å². The van der Waals surface area contributed by atoms with E-state index in [1.54, 1.807) is 30.0 Å². The lowest BCUT2D eigenvalue weighted by molar-refractivity contribution is -0.117. The lowest BCUT2D eigenvalue weighted by atomic mass is 10.1. The summed E-state index contributed by atoms with van der Waals surface area (Å²) in [6, 6.07) is 6.48. The Labute approximate surface area is 114 Å². The number of aromatic carboxylic acids is 1. The van der Waals surface area contributed by atoms with Crippen LogP contribution in [-0.4, -0.2) is 22.1 Å². The van der Waals surface area contributed by atoms with E-state index >= 15 is 0 Å². The summed E-state index contributed by atoms with van der Waals surface area (Å²) in [5.41, 5.74) is 2.33. The lowest BCUT2D eigenvalue weighted by Gasteiger charge is -2.15. The zero-order valence-corrected chi connectivity index (χ0v) is 10.8. The molecule has 0 fully saturated rings. The largest absolute Gasteiger partial charge is 0.478 e. The number of aromatic nitrogens is 1. The van der Waals surface area contributed by atoms with Crippen LogP contribution in [0.25, 0.3) is 0 Å². The van der Waals surface area contributed by atoms with Crippen molar-refractivity contribution in [3.63, 3.8) is 0 Å². The van der Waals surface area contributed by atoms with Gasteiger partial charge in [-0.05, 0) is 30.7 Å². The Morgan fingerprint density at radius 1 is 1.45 bits per heavy atom. The average Bonchev–Trinajstić information content (AvgIpc) is 2.94. The molecule has 0 saturated carbocycles. The smallest absolute Gasteiger partial charge is 0.335 e. The molecule has 0 spiro atoms. The van der Waals surface area contributed by atoms with Crippen LogP contribution < -0.4 is 4.90 Å². The van der Waals surface area contributed by atoms with Crippen LogP contribution in [0, 0.1) is 6.92 Å². The number of carboxylic acid groups (broad SMARTS) is 1. The van der Waals surface area contributed by atoms with Gasteiger partial charge in [0.15, 0.2) is 0 Å². The maximum absolute atomic E-state index is 12.0. The molecule has 0 radical (unpaired) electrons. The van der Waals surface area contributed by atoms with Gasteiger partial charge in [-0.15, -0.1) is 0 Å². The zero-order valence-electron chi connectivity index (χ0n) is 10.8. The molecule has 1 aliphatic rings. The van der Waals surface area contributed by atoms with Gasteiger partial charge in [-0.25, -0.2) is 4.79 Å². The number of rotatable bonds is 3. The first-order valence-electron chi connectivity index (χ1n) is 6.13. The van der Waals surface area contributed by atoms with Gasteiger partial charge < -0.3 is 14.5 Å². The van der Waals surface area contributed by atoms with Crippen molar-refractivity contribution in [2.75, 3.05) is 4.90 Å². The van der Waals surface area contributed by atoms with Gasteiger partial charge in [0.05, 0.1) is 18.5 Å². The van der Waals surface area contributed by atoms with Crippen LogP contribution in [0.2, 0.25) is 0 Å². The minimum absolute atomic E-state index is 0.0665. The third-order valence-corrected chi connectivity index (χ3v) is 3.26. The fourth-order valence-corrected chi connectivity index (χ4v) is 2.34. The fourth-order valence-electron chi connectivity index (χ4n) is 2.34. The van der Waals surface area contributed by atoms with Gasteiger partial charge in [0.2, 0.25) is 5.91 Å². The minimum atomic E-state index is -0.995. The van der Waals surface area contributed by atoms with Gasteiger partial charge in [-0.3, -0.25) is 4.79 Å². The highest BCUT2D eigenvalue weighted by molar-refractivity contribution is 6.02. The molecule has 1 aromatic heterocycles.